The van der Waals surface area contributed by atoms with Crippen LogP contribution >= 0.6 is 0 Å². The van der Waals surface area contributed by atoms with Gasteiger partial charge in [0.25, 0.3) is 0 Å². The fourth-order valence-electron chi connectivity index (χ4n) is 8.42. The van der Waals surface area contributed by atoms with E-state index >= 15 is 0 Å². The Bertz CT molecular complexity index is 4040. The lowest BCUT2D eigenvalue weighted by Crippen LogP contribution is -2.03. The van der Waals surface area contributed by atoms with Crippen LogP contribution in [0.3, 0.4) is 0 Å². The largest absolute Gasteiger partial charge is 0.455 e. The van der Waals surface area contributed by atoms with E-state index in [-0.39, 0.29) is 57.8 Å². The van der Waals surface area contributed by atoms with Gasteiger partial charge in [0.2, 0.25) is 0 Å². The van der Waals surface area contributed by atoms with E-state index in [0.29, 0.717) is 28.5 Å². The summed E-state index contributed by atoms with van der Waals surface area (Å²) in [6, 6.07) is 51.0. The Balaban J connectivity index is 1.11. The Morgan fingerprint density at radius 2 is 0.967 bits per heavy atom. The van der Waals surface area contributed by atoms with Gasteiger partial charge >= 0.3 is 0 Å². The molecule has 0 bridgehead atoms. The maximum absolute atomic E-state index is 9.20. The van der Waals surface area contributed by atoms with Gasteiger partial charge in [0.15, 0.2) is 17.5 Å². The topological polar surface area (TPSA) is 56.7 Å². The number of aromatic nitrogens is 4. The van der Waals surface area contributed by atoms with Crippen molar-refractivity contribution in [3.8, 4) is 62.1 Å². The van der Waals surface area contributed by atoms with Gasteiger partial charge in [-0.15, -0.1) is 0 Å². The predicted octanol–water partition coefficient (Wildman–Crippen LogP) is 14.4. The van der Waals surface area contributed by atoms with Crippen molar-refractivity contribution in [1.29, 1.82) is 0 Å². The summed E-state index contributed by atoms with van der Waals surface area (Å²) in [5.41, 5.74) is 7.97. The van der Waals surface area contributed by atoms with E-state index in [9.17, 15) is 1.37 Å². The molecule has 5 nitrogen and oxygen atoms in total. The molecular weight excluding hydrogens is 733 g/mol. The number of rotatable bonds is 6. The molecule has 0 saturated carbocycles. The molecule has 0 saturated heterocycles. The van der Waals surface area contributed by atoms with Crippen molar-refractivity contribution in [2.24, 2.45) is 0 Å². The molecule has 0 spiro atoms. The SMILES string of the molecule is [2H]c1cc([2H])c2c(c1[2H])c1c([2H])c([2H])c([2H])c([2H])c1n2-c1ccccc1-c1nc(-c2cccc(-c3cccc4ccccc34)c2)nc(-c2cccc(-c3cccc4c3oc3ccccc34)c2)n1. The second-order valence-corrected chi connectivity index (χ2v) is 14.6. The smallest absolute Gasteiger partial charge is 0.166 e. The van der Waals surface area contributed by atoms with Crippen LogP contribution in [0.2, 0.25) is 0 Å². The lowest BCUT2D eigenvalue weighted by Gasteiger charge is -2.15. The summed E-state index contributed by atoms with van der Waals surface area (Å²) < 4.78 is 70.2. The zero-order valence-electron chi connectivity index (χ0n) is 38.8. The Morgan fingerprint density at radius 1 is 0.400 bits per heavy atom. The van der Waals surface area contributed by atoms with Crippen LogP contribution in [0.1, 0.15) is 9.60 Å². The molecule has 0 aliphatic heterocycles. The first kappa shape index (κ1) is 27.5. The van der Waals surface area contributed by atoms with Crippen molar-refractivity contribution in [1.82, 2.24) is 19.5 Å². The third-order valence-corrected chi connectivity index (χ3v) is 11.2. The number of fused-ring (bicyclic) bond motifs is 7. The first-order chi connectivity index (χ1) is 32.6. The van der Waals surface area contributed by atoms with E-state index in [0.717, 1.165) is 60.5 Å². The average molecular weight is 774 g/mol. The van der Waals surface area contributed by atoms with E-state index in [2.05, 4.69) is 48.5 Å². The summed E-state index contributed by atoms with van der Waals surface area (Å²) in [6.45, 7) is 0. The zero-order valence-corrected chi connectivity index (χ0v) is 31.8. The monoisotopic (exact) mass is 773 g/mol. The molecular formula is C55H34N4O. The number of nitrogens with zero attached hydrogens (tertiary/aromatic N) is 4. The van der Waals surface area contributed by atoms with E-state index in [1.54, 1.807) is 16.7 Å². The second-order valence-electron chi connectivity index (χ2n) is 14.6. The van der Waals surface area contributed by atoms with Crippen molar-refractivity contribution in [3.63, 3.8) is 0 Å². The van der Waals surface area contributed by atoms with Crippen LogP contribution in [0.5, 0.6) is 0 Å². The first-order valence-corrected chi connectivity index (χ1v) is 19.6. The van der Waals surface area contributed by atoms with Crippen LogP contribution in [0.4, 0.5) is 0 Å². The van der Waals surface area contributed by atoms with Gasteiger partial charge in [0.05, 0.1) is 26.3 Å². The Labute approximate surface area is 355 Å². The zero-order chi connectivity index (χ0) is 45.7. The number of para-hydroxylation sites is 5. The quantitative estimate of drug-likeness (QED) is 0.169. The molecule has 280 valence electrons. The van der Waals surface area contributed by atoms with Gasteiger partial charge < -0.3 is 8.98 Å². The second kappa shape index (κ2) is 13.8. The highest BCUT2D eigenvalue weighted by atomic mass is 16.3. The maximum atomic E-state index is 9.20. The van der Waals surface area contributed by atoms with Crippen molar-refractivity contribution < 1.29 is 14.0 Å². The highest BCUT2D eigenvalue weighted by molar-refractivity contribution is 6.11. The minimum absolute atomic E-state index is 0.0574. The molecule has 0 N–H and O–H groups in total. The van der Waals surface area contributed by atoms with Gasteiger partial charge in [-0.3, -0.25) is 0 Å². The van der Waals surface area contributed by atoms with Crippen LogP contribution in [-0.4, -0.2) is 19.5 Å². The van der Waals surface area contributed by atoms with Crippen LogP contribution < -0.4 is 0 Å². The highest BCUT2D eigenvalue weighted by Gasteiger charge is 2.20. The first-order valence-electron chi connectivity index (χ1n) is 23.1. The van der Waals surface area contributed by atoms with Crippen molar-refractivity contribution >= 4 is 54.5 Å². The van der Waals surface area contributed by atoms with Crippen LogP contribution in [-0.2, 0) is 0 Å². The molecule has 12 rings (SSSR count). The average Bonchev–Trinajstić information content (AvgIpc) is 3.94. The van der Waals surface area contributed by atoms with Gasteiger partial charge in [-0.25, -0.2) is 15.0 Å². The van der Waals surface area contributed by atoms with Gasteiger partial charge in [0.1, 0.15) is 11.2 Å². The van der Waals surface area contributed by atoms with Gasteiger partial charge in [-0.05, 0) is 69.9 Å². The maximum Gasteiger partial charge on any atom is 0.166 e. The molecule has 3 heterocycles. The molecule has 0 aliphatic rings. The van der Waals surface area contributed by atoms with Gasteiger partial charge in [0, 0.05) is 43.8 Å². The van der Waals surface area contributed by atoms with Crippen LogP contribution in [0.15, 0.2) is 211 Å². The minimum Gasteiger partial charge on any atom is -0.455 e. The lowest BCUT2D eigenvalue weighted by molar-refractivity contribution is 0.670. The van der Waals surface area contributed by atoms with Crippen molar-refractivity contribution in [3.05, 3.63) is 206 Å². The van der Waals surface area contributed by atoms with E-state index < -0.39 is 12.1 Å². The normalized spacial score (nSPS) is 13.3. The summed E-state index contributed by atoms with van der Waals surface area (Å²) in [6.07, 6.45) is 0. The number of hydrogen-bond acceptors (Lipinski definition) is 4. The molecule has 0 aliphatic carbocycles. The Morgan fingerprint density at radius 3 is 1.82 bits per heavy atom. The van der Waals surface area contributed by atoms with Crippen molar-refractivity contribution in [2.45, 2.75) is 0 Å². The van der Waals surface area contributed by atoms with Crippen LogP contribution in [0.25, 0.3) is 117 Å². The molecule has 9 aromatic carbocycles. The van der Waals surface area contributed by atoms with Gasteiger partial charge in [-0.1, -0.05) is 164 Å². The van der Waals surface area contributed by atoms with Crippen LogP contribution in [0, 0.1) is 0 Å². The third-order valence-electron chi connectivity index (χ3n) is 11.2. The minimum atomic E-state index is -0.470. The molecule has 3 aromatic heterocycles. The number of furan rings is 1. The standard InChI is InChI=1S/C55H34N4O/c1-2-21-40-35(15-1)16-13-26-41(40)36-17-11-19-38(33-36)53-56-54(39-20-12-18-37(34-39)42-27-14-28-46-45-24-6-10-32-51(45)60-52(42)46)58-55(57-53)47-25-5-9-31-50(47)59-48-29-7-3-22-43(48)44-23-4-8-30-49(44)59/h1-34H/i3D,4D,7D,22D,23D,29D,30D. The molecule has 0 atom stereocenters. The highest BCUT2D eigenvalue weighted by Crippen LogP contribution is 2.39. The third kappa shape index (κ3) is 5.52. The predicted molar refractivity (Wildman–Crippen MR) is 246 cm³/mol. The summed E-state index contributed by atoms with van der Waals surface area (Å²) in [4.78, 5) is 15.5. The number of benzene rings is 9. The van der Waals surface area contributed by atoms with Gasteiger partial charge in [-0.2, -0.15) is 0 Å². The summed E-state index contributed by atoms with van der Waals surface area (Å²) in [5, 5.41) is 4.41. The molecule has 0 radical (unpaired) electrons. The Hall–Kier alpha value is -8.15. The molecule has 0 amide bonds. The molecule has 60 heavy (non-hydrogen) atoms. The fourth-order valence-corrected chi connectivity index (χ4v) is 8.42. The Kier molecular flexibility index (Phi) is 6.30. The number of hydrogen-bond donors (Lipinski definition) is 0. The molecule has 12 aromatic rings. The molecule has 0 fully saturated rings. The van der Waals surface area contributed by atoms with E-state index in [1.807, 2.05) is 97.1 Å². The molecule has 5 heteroatoms. The lowest BCUT2D eigenvalue weighted by atomic mass is 9.97. The summed E-state index contributed by atoms with van der Waals surface area (Å²) >= 11 is 0. The molecule has 0 unspecified atom stereocenters. The fraction of sp³-hybridized carbons (Fsp3) is 0. The van der Waals surface area contributed by atoms with E-state index in [1.165, 1.54) is 6.07 Å². The summed E-state index contributed by atoms with van der Waals surface area (Å²) in [5.74, 6) is 1.03. The van der Waals surface area contributed by atoms with Crippen molar-refractivity contribution in [2.75, 3.05) is 0 Å². The van der Waals surface area contributed by atoms with E-state index in [4.69, 9.17) is 27.6 Å². The summed E-state index contributed by atoms with van der Waals surface area (Å²) in [7, 11) is 0.